The zero-order valence-corrected chi connectivity index (χ0v) is 18.6. The largest absolute Gasteiger partial charge is 0.444 e. The van der Waals surface area contributed by atoms with Crippen LogP contribution in [-0.4, -0.2) is 71.8 Å². The average molecular weight is 418 g/mol. The van der Waals surface area contributed by atoms with Crippen LogP contribution < -0.4 is 5.32 Å². The molecule has 30 heavy (non-hydrogen) atoms. The van der Waals surface area contributed by atoms with Crippen molar-refractivity contribution in [3.8, 4) is 0 Å². The van der Waals surface area contributed by atoms with Crippen LogP contribution in [0.1, 0.15) is 46.1 Å². The third-order valence-corrected chi connectivity index (χ3v) is 5.50. The lowest BCUT2D eigenvalue weighted by Gasteiger charge is -2.40. The highest BCUT2D eigenvalue weighted by Crippen LogP contribution is 2.23. The van der Waals surface area contributed by atoms with Gasteiger partial charge in [-0.2, -0.15) is 0 Å². The fourth-order valence-corrected chi connectivity index (χ4v) is 4.08. The first-order valence-electron chi connectivity index (χ1n) is 10.9. The Labute approximate surface area is 179 Å². The van der Waals surface area contributed by atoms with E-state index in [2.05, 4.69) is 41.4 Å². The number of hydrogen-bond donors (Lipinski definition) is 1. The third-order valence-electron chi connectivity index (χ3n) is 5.50. The smallest absolute Gasteiger partial charge is 0.407 e. The third kappa shape index (κ3) is 6.44. The summed E-state index contributed by atoms with van der Waals surface area (Å²) in [6.07, 6.45) is 0.425. The Morgan fingerprint density at radius 1 is 1.17 bits per heavy atom. The minimum atomic E-state index is -0.530. The molecule has 2 aliphatic heterocycles. The zero-order valence-electron chi connectivity index (χ0n) is 18.6. The van der Waals surface area contributed by atoms with E-state index >= 15 is 0 Å². The van der Waals surface area contributed by atoms with E-state index in [-0.39, 0.29) is 18.1 Å². The molecule has 2 heterocycles. The average Bonchev–Trinajstić information content (AvgIpc) is 3.15. The second kappa shape index (κ2) is 9.79. The zero-order chi connectivity index (χ0) is 21.7. The minimum Gasteiger partial charge on any atom is -0.444 e. The number of nitrogens with zero attached hydrogens (tertiary/aromatic N) is 2. The van der Waals surface area contributed by atoms with E-state index < -0.39 is 17.8 Å². The van der Waals surface area contributed by atoms with Crippen molar-refractivity contribution in [2.75, 3.05) is 26.2 Å². The predicted molar refractivity (Wildman–Crippen MR) is 115 cm³/mol. The fraction of sp³-hybridized carbons (Fsp3) is 0.652. The second-order valence-corrected chi connectivity index (χ2v) is 9.31. The van der Waals surface area contributed by atoms with E-state index in [9.17, 15) is 9.59 Å². The molecule has 3 atom stereocenters. The van der Waals surface area contributed by atoms with Crippen LogP contribution in [0.5, 0.6) is 0 Å². The highest BCUT2D eigenvalue weighted by Gasteiger charge is 2.37. The number of piperazine rings is 1. The molecule has 2 amide bonds. The summed E-state index contributed by atoms with van der Waals surface area (Å²) in [7, 11) is 0. The molecule has 2 fully saturated rings. The van der Waals surface area contributed by atoms with E-state index in [1.165, 1.54) is 5.56 Å². The van der Waals surface area contributed by atoms with E-state index in [0.29, 0.717) is 19.5 Å². The molecule has 1 N–H and O–H groups in total. The molecule has 0 saturated carbocycles. The summed E-state index contributed by atoms with van der Waals surface area (Å²) >= 11 is 0. The van der Waals surface area contributed by atoms with E-state index in [0.717, 1.165) is 26.1 Å². The number of rotatable bonds is 5. The van der Waals surface area contributed by atoms with E-state index in [1.54, 1.807) is 0 Å². The lowest BCUT2D eigenvalue weighted by Crippen LogP contribution is -2.56. The van der Waals surface area contributed by atoms with Crippen molar-refractivity contribution in [3.05, 3.63) is 35.9 Å². The monoisotopic (exact) mass is 417 g/mol. The van der Waals surface area contributed by atoms with Crippen LogP contribution in [0.25, 0.3) is 0 Å². The van der Waals surface area contributed by atoms with Gasteiger partial charge in [0.2, 0.25) is 0 Å². The van der Waals surface area contributed by atoms with Crippen molar-refractivity contribution in [2.24, 2.45) is 0 Å². The number of amides is 2. The molecule has 7 nitrogen and oxygen atoms in total. The van der Waals surface area contributed by atoms with Crippen molar-refractivity contribution < 1.29 is 19.1 Å². The van der Waals surface area contributed by atoms with Crippen molar-refractivity contribution in [3.63, 3.8) is 0 Å². The van der Waals surface area contributed by atoms with Crippen LogP contribution in [0.2, 0.25) is 0 Å². The lowest BCUT2D eigenvalue weighted by molar-refractivity contribution is -0.147. The summed E-state index contributed by atoms with van der Waals surface area (Å²) in [4.78, 5) is 29.2. The SMILES string of the molecule is C[C@@H]1CN(Cc2ccccc2)CCN1C(=O)[C@H]1CC[C@@H](CNC(=O)OC(C)(C)C)O1. The minimum absolute atomic E-state index is 0.0710. The van der Waals surface area contributed by atoms with Crippen molar-refractivity contribution in [1.82, 2.24) is 15.1 Å². The maximum Gasteiger partial charge on any atom is 0.407 e. The van der Waals surface area contributed by atoms with Crippen LogP contribution in [0, 0.1) is 0 Å². The van der Waals surface area contributed by atoms with Gasteiger partial charge >= 0.3 is 6.09 Å². The topological polar surface area (TPSA) is 71.1 Å². The molecule has 0 unspecified atom stereocenters. The van der Waals surface area contributed by atoms with Crippen molar-refractivity contribution in [2.45, 2.75) is 70.9 Å². The quantitative estimate of drug-likeness (QED) is 0.798. The van der Waals surface area contributed by atoms with Gasteiger partial charge in [-0.1, -0.05) is 30.3 Å². The molecule has 2 saturated heterocycles. The number of benzene rings is 1. The summed E-state index contributed by atoms with van der Waals surface area (Å²) < 4.78 is 11.2. The van der Waals surface area contributed by atoms with Crippen LogP contribution in [0.3, 0.4) is 0 Å². The maximum atomic E-state index is 13.0. The highest BCUT2D eigenvalue weighted by molar-refractivity contribution is 5.81. The van der Waals surface area contributed by atoms with Crippen LogP contribution in [0.15, 0.2) is 30.3 Å². The molecule has 166 valence electrons. The summed E-state index contributed by atoms with van der Waals surface area (Å²) in [5.74, 6) is 0.0710. The molecule has 0 aliphatic carbocycles. The molecule has 0 radical (unpaired) electrons. The van der Waals surface area contributed by atoms with Gasteiger partial charge < -0.3 is 19.7 Å². The van der Waals surface area contributed by atoms with Crippen LogP contribution in [-0.2, 0) is 20.8 Å². The molecular formula is C23H35N3O4. The van der Waals surface area contributed by atoms with Gasteiger partial charge in [-0.3, -0.25) is 9.69 Å². The van der Waals surface area contributed by atoms with E-state index in [4.69, 9.17) is 9.47 Å². The van der Waals surface area contributed by atoms with Crippen molar-refractivity contribution in [1.29, 1.82) is 0 Å². The molecule has 0 aromatic heterocycles. The van der Waals surface area contributed by atoms with Gasteiger partial charge in [0.05, 0.1) is 6.10 Å². The normalized spacial score (nSPS) is 25.2. The number of alkyl carbamates (subject to hydrolysis) is 1. The molecule has 7 heteroatoms. The lowest BCUT2D eigenvalue weighted by atomic mass is 10.1. The van der Waals surface area contributed by atoms with Gasteiger partial charge in [0, 0.05) is 38.8 Å². The number of hydrogen-bond acceptors (Lipinski definition) is 5. The molecule has 0 spiro atoms. The second-order valence-electron chi connectivity index (χ2n) is 9.31. The van der Waals surface area contributed by atoms with Gasteiger partial charge in [0.25, 0.3) is 5.91 Å². The Hall–Kier alpha value is -2.12. The Balaban J connectivity index is 1.43. The molecule has 1 aromatic carbocycles. The van der Waals surface area contributed by atoms with Gasteiger partial charge in [0.15, 0.2) is 0 Å². The Morgan fingerprint density at radius 2 is 1.90 bits per heavy atom. The molecule has 1 aromatic rings. The Morgan fingerprint density at radius 3 is 2.57 bits per heavy atom. The molecular weight excluding hydrogens is 382 g/mol. The van der Waals surface area contributed by atoms with Crippen LogP contribution in [0.4, 0.5) is 4.79 Å². The number of carbonyl (C=O) groups is 2. The molecule has 3 rings (SSSR count). The molecule has 0 bridgehead atoms. The van der Waals surface area contributed by atoms with Crippen LogP contribution >= 0.6 is 0 Å². The first-order valence-corrected chi connectivity index (χ1v) is 10.9. The fourth-order valence-electron chi connectivity index (χ4n) is 4.08. The predicted octanol–water partition coefficient (Wildman–Crippen LogP) is 2.79. The maximum absolute atomic E-state index is 13.0. The first kappa shape index (κ1) is 22.6. The van der Waals surface area contributed by atoms with Gasteiger partial charge in [-0.15, -0.1) is 0 Å². The molecule has 2 aliphatic rings. The Bertz CT molecular complexity index is 719. The first-order chi connectivity index (χ1) is 14.2. The summed E-state index contributed by atoms with van der Waals surface area (Å²) in [5.41, 5.74) is 0.765. The van der Waals surface area contributed by atoms with Gasteiger partial charge in [-0.05, 0) is 46.1 Å². The summed E-state index contributed by atoms with van der Waals surface area (Å²) in [6.45, 7) is 11.3. The summed E-state index contributed by atoms with van der Waals surface area (Å²) in [6, 6.07) is 10.6. The number of carbonyl (C=O) groups excluding carboxylic acids is 2. The highest BCUT2D eigenvalue weighted by atomic mass is 16.6. The number of ether oxygens (including phenoxy) is 2. The Kier molecular flexibility index (Phi) is 7.36. The standard InChI is InChI=1S/C23H35N3O4/c1-17-15-25(16-18-8-6-5-7-9-18)12-13-26(17)21(27)20-11-10-19(29-20)14-24-22(28)30-23(2,3)4/h5-9,17,19-20H,10-16H2,1-4H3,(H,24,28)/t17-,19+,20-/m1/s1. The number of nitrogens with one attached hydrogen (secondary N) is 1. The van der Waals surface area contributed by atoms with Gasteiger partial charge in [-0.25, -0.2) is 4.79 Å². The van der Waals surface area contributed by atoms with E-state index in [1.807, 2.05) is 31.7 Å². The van der Waals surface area contributed by atoms with Gasteiger partial charge in [0.1, 0.15) is 11.7 Å². The summed E-state index contributed by atoms with van der Waals surface area (Å²) in [5, 5.41) is 2.74. The van der Waals surface area contributed by atoms with Crippen molar-refractivity contribution >= 4 is 12.0 Å².